The van der Waals surface area contributed by atoms with Gasteiger partial charge in [0, 0.05) is 5.69 Å². The van der Waals surface area contributed by atoms with Crippen LogP contribution in [0.3, 0.4) is 0 Å². The van der Waals surface area contributed by atoms with Gasteiger partial charge in [0.1, 0.15) is 11.3 Å². The van der Waals surface area contributed by atoms with Gasteiger partial charge in [0.15, 0.2) is 0 Å². The molecule has 0 aliphatic rings. The molecule has 0 saturated heterocycles. The van der Waals surface area contributed by atoms with Crippen molar-refractivity contribution in [3.05, 3.63) is 23.8 Å². The van der Waals surface area contributed by atoms with Crippen LogP contribution in [-0.2, 0) is 4.74 Å². The molecule has 86 valence electrons. The van der Waals surface area contributed by atoms with Crippen LogP contribution in [0.15, 0.2) is 18.2 Å². The monoisotopic (exact) mass is 225 g/mol. The minimum Gasteiger partial charge on any atom is -0.478 e. The third kappa shape index (κ3) is 2.88. The summed E-state index contributed by atoms with van der Waals surface area (Å²) in [6.45, 7) is 1.76. The zero-order valence-corrected chi connectivity index (χ0v) is 8.60. The Kier molecular flexibility index (Phi) is 3.71. The van der Waals surface area contributed by atoms with Gasteiger partial charge in [-0.05, 0) is 25.1 Å². The first-order valence-corrected chi connectivity index (χ1v) is 4.52. The standard InChI is InChI=1S/C10H11NO5/c1-2-15-10(14)16-8-4-3-6(11)5-7(8)9(12)13/h3-5H,2,11H2,1H3,(H,12,13). The summed E-state index contributed by atoms with van der Waals surface area (Å²) in [5, 5.41) is 8.85. The number of carboxylic acid groups (broad SMARTS) is 1. The molecule has 0 aromatic heterocycles. The molecular weight excluding hydrogens is 214 g/mol. The van der Waals surface area contributed by atoms with Gasteiger partial charge in [0.2, 0.25) is 0 Å². The summed E-state index contributed by atoms with van der Waals surface area (Å²) in [7, 11) is 0. The van der Waals surface area contributed by atoms with Crippen molar-refractivity contribution >= 4 is 17.8 Å². The maximum absolute atomic E-state index is 11.0. The molecular formula is C10H11NO5. The van der Waals surface area contributed by atoms with Crippen molar-refractivity contribution in [2.24, 2.45) is 0 Å². The maximum atomic E-state index is 11.0. The molecule has 0 aliphatic carbocycles. The lowest BCUT2D eigenvalue weighted by Crippen LogP contribution is -2.13. The summed E-state index contributed by atoms with van der Waals surface area (Å²) >= 11 is 0. The third-order valence-corrected chi connectivity index (χ3v) is 1.69. The quantitative estimate of drug-likeness (QED) is 0.459. The van der Waals surface area contributed by atoms with Gasteiger partial charge in [-0.1, -0.05) is 0 Å². The number of nitrogen functional groups attached to an aromatic ring is 1. The lowest BCUT2D eigenvalue weighted by Gasteiger charge is -2.07. The number of nitrogens with two attached hydrogens (primary N) is 1. The smallest absolute Gasteiger partial charge is 0.478 e. The molecule has 0 atom stereocenters. The fourth-order valence-electron chi connectivity index (χ4n) is 1.04. The molecule has 0 radical (unpaired) electrons. The van der Waals surface area contributed by atoms with Gasteiger partial charge in [-0.3, -0.25) is 0 Å². The maximum Gasteiger partial charge on any atom is 0.513 e. The largest absolute Gasteiger partial charge is 0.513 e. The van der Waals surface area contributed by atoms with Crippen LogP contribution < -0.4 is 10.5 Å². The molecule has 0 bridgehead atoms. The van der Waals surface area contributed by atoms with Crippen LogP contribution in [-0.4, -0.2) is 23.8 Å². The van der Waals surface area contributed by atoms with Crippen LogP contribution in [0.5, 0.6) is 5.75 Å². The minimum atomic E-state index is -1.23. The van der Waals surface area contributed by atoms with Crippen molar-refractivity contribution in [2.45, 2.75) is 6.92 Å². The first kappa shape index (κ1) is 11.8. The van der Waals surface area contributed by atoms with Crippen LogP contribution >= 0.6 is 0 Å². The average Bonchev–Trinajstić information content (AvgIpc) is 2.20. The van der Waals surface area contributed by atoms with E-state index in [0.717, 1.165) is 0 Å². The first-order chi connectivity index (χ1) is 7.54. The number of hydrogen-bond donors (Lipinski definition) is 2. The molecule has 0 fully saturated rings. The van der Waals surface area contributed by atoms with Gasteiger partial charge in [0.25, 0.3) is 0 Å². The van der Waals surface area contributed by atoms with E-state index in [4.69, 9.17) is 15.6 Å². The van der Waals surface area contributed by atoms with E-state index in [0.29, 0.717) is 0 Å². The number of rotatable bonds is 3. The van der Waals surface area contributed by atoms with E-state index in [1.807, 2.05) is 0 Å². The molecule has 6 heteroatoms. The first-order valence-electron chi connectivity index (χ1n) is 4.52. The Balaban J connectivity index is 2.95. The summed E-state index contributed by atoms with van der Waals surface area (Å²) in [6.07, 6.45) is -0.949. The van der Waals surface area contributed by atoms with E-state index >= 15 is 0 Å². The van der Waals surface area contributed by atoms with Crippen molar-refractivity contribution in [3.63, 3.8) is 0 Å². The number of carbonyl (C=O) groups excluding carboxylic acids is 1. The molecule has 3 N–H and O–H groups in total. The Hall–Kier alpha value is -2.24. The van der Waals surface area contributed by atoms with Crippen LogP contribution in [0, 0.1) is 0 Å². The van der Waals surface area contributed by atoms with Crippen molar-refractivity contribution in [2.75, 3.05) is 12.3 Å². The Morgan fingerprint density at radius 1 is 1.44 bits per heavy atom. The molecule has 6 nitrogen and oxygen atoms in total. The average molecular weight is 225 g/mol. The number of anilines is 1. The van der Waals surface area contributed by atoms with E-state index < -0.39 is 12.1 Å². The summed E-state index contributed by atoms with van der Waals surface area (Å²) in [6, 6.07) is 3.94. The number of ether oxygens (including phenoxy) is 2. The van der Waals surface area contributed by atoms with Gasteiger partial charge < -0.3 is 20.3 Å². The molecule has 16 heavy (non-hydrogen) atoms. The van der Waals surface area contributed by atoms with Gasteiger partial charge in [-0.2, -0.15) is 0 Å². The number of carboxylic acids is 1. The highest BCUT2D eigenvalue weighted by Gasteiger charge is 2.15. The molecule has 0 spiro atoms. The molecule has 0 amide bonds. The highest BCUT2D eigenvalue weighted by Crippen LogP contribution is 2.21. The van der Waals surface area contributed by atoms with Crippen LogP contribution in [0.25, 0.3) is 0 Å². The Bertz CT molecular complexity index is 416. The van der Waals surface area contributed by atoms with Crippen LogP contribution in [0.1, 0.15) is 17.3 Å². The van der Waals surface area contributed by atoms with Gasteiger partial charge in [-0.15, -0.1) is 0 Å². The normalized spacial score (nSPS) is 9.56. The Morgan fingerprint density at radius 3 is 2.69 bits per heavy atom. The lowest BCUT2D eigenvalue weighted by atomic mass is 10.2. The van der Waals surface area contributed by atoms with Crippen LogP contribution in [0.2, 0.25) is 0 Å². The fraction of sp³-hybridized carbons (Fsp3) is 0.200. The third-order valence-electron chi connectivity index (χ3n) is 1.69. The number of aromatic carboxylic acids is 1. The second kappa shape index (κ2) is 5.01. The predicted molar refractivity (Wildman–Crippen MR) is 55.5 cm³/mol. The molecule has 1 aromatic rings. The second-order valence-electron chi connectivity index (χ2n) is 2.85. The van der Waals surface area contributed by atoms with Crippen LogP contribution in [0.4, 0.5) is 10.5 Å². The number of benzene rings is 1. The van der Waals surface area contributed by atoms with Gasteiger partial charge >= 0.3 is 12.1 Å². The van der Waals surface area contributed by atoms with Crippen molar-refractivity contribution in [1.29, 1.82) is 0 Å². The summed E-state index contributed by atoms with van der Waals surface area (Å²) in [5.74, 6) is -1.33. The van der Waals surface area contributed by atoms with E-state index in [9.17, 15) is 9.59 Å². The Labute approximate surface area is 91.6 Å². The summed E-state index contributed by atoms with van der Waals surface area (Å²) < 4.78 is 9.23. The van der Waals surface area contributed by atoms with Gasteiger partial charge in [0.05, 0.1) is 6.61 Å². The predicted octanol–water partition coefficient (Wildman–Crippen LogP) is 1.50. The second-order valence-corrected chi connectivity index (χ2v) is 2.85. The van der Waals surface area contributed by atoms with Gasteiger partial charge in [-0.25, -0.2) is 9.59 Å². The molecule has 0 aliphatic heterocycles. The van der Waals surface area contributed by atoms with Crippen molar-refractivity contribution in [3.8, 4) is 5.75 Å². The number of carbonyl (C=O) groups is 2. The molecule has 0 unspecified atom stereocenters. The van der Waals surface area contributed by atoms with E-state index in [1.165, 1.54) is 18.2 Å². The topological polar surface area (TPSA) is 98.9 Å². The SMILES string of the molecule is CCOC(=O)Oc1ccc(N)cc1C(=O)O. The van der Waals surface area contributed by atoms with Crippen molar-refractivity contribution in [1.82, 2.24) is 0 Å². The van der Waals surface area contributed by atoms with E-state index in [2.05, 4.69) is 4.74 Å². The fourth-order valence-corrected chi connectivity index (χ4v) is 1.04. The zero-order chi connectivity index (χ0) is 12.1. The number of hydrogen-bond acceptors (Lipinski definition) is 5. The lowest BCUT2D eigenvalue weighted by molar-refractivity contribution is 0.0690. The molecule has 0 saturated carbocycles. The van der Waals surface area contributed by atoms with E-state index in [1.54, 1.807) is 6.92 Å². The molecule has 1 aromatic carbocycles. The van der Waals surface area contributed by atoms with Crippen molar-refractivity contribution < 1.29 is 24.2 Å². The van der Waals surface area contributed by atoms with E-state index in [-0.39, 0.29) is 23.6 Å². The Morgan fingerprint density at radius 2 is 2.12 bits per heavy atom. The minimum absolute atomic E-state index is 0.0971. The highest BCUT2D eigenvalue weighted by molar-refractivity contribution is 5.92. The zero-order valence-electron chi connectivity index (χ0n) is 8.60. The molecule has 1 rings (SSSR count). The molecule has 0 heterocycles. The highest BCUT2D eigenvalue weighted by atomic mass is 16.7. The summed E-state index contributed by atoms with van der Waals surface area (Å²) in [5.41, 5.74) is 5.50. The summed E-state index contributed by atoms with van der Waals surface area (Å²) in [4.78, 5) is 21.8.